The lowest BCUT2D eigenvalue weighted by molar-refractivity contribution is -0.255. The van der Waals surface area contributed by atoms with Gasteiger partial charge in [0.15, 0.2) is 0 Å². The number of halogens is 3. The summed E-state index contributed by atoms with van der Waals surface area (Å²) in [5.74, 6) is -2.06. The Labute approximate surface area is 132 Å². The number of carboxylic acids is 1. The number of allylic oxidation sites excluding steroid dienone is 1. The molecule has 0 amide bonds. The summed E-state index contributed by atoms with van der Waals surface area (Å²) in [4.78, 5) is 10.9. The third-order valence-electron chi connectivity index (χ3n) is 4.04. The van der Waals surface area contributed by atoms with E-state index < -0.39 is 29.1 Å². The maximum Gasteiger partial charge on any atom is 0.419 e. The topological polar surface area (TPSA) is 49.4 Å². The third-order valence-corrected chi connectivity index (χ3v) is 4.04. The molecule has 0 aromatic heterocycles. The SMILES string of the molecule is CC(C)(Oc1cc(C(=O)[O-])ccc1C(F)(F)F)C1C=CCCC1. The highest BCUT2D eigenvalue weighted by molar-refractivity contribution is 5.86. The molecule has 0 bridgehead atoms. The van der Waals surface area contributed by atoms with Gasteiger partial charge in [-0.1, -0.05) is 18.2 Å². The molecule has 2 rings (SSSR count). The summed E-state index contributed by atoms with van der Waals surface area (Å²) in [7, 11) is 0. The number of ether oxygens (including phenoxy) is 1. The van der Waals surface area contributed by atoms with Crippen molar-refractivity contribution < 1.29 is 27.8 Å². The molecule has 1 aromatic carbocycles. The largest absolute Gasteiger partial charge is 0.545 e. The van der Waals surface area contributed by atoms with Crippen molar-refractivity contribution in [3.8, 4) is 5.75 Å². The molecule has 1 aliphatic carbocycles. The third kappa shape index (κ3) is 4.06. The van der Waals surface area contributed by atoms with Crippen molar-refractivity contribution in [1.82, 2.24) is 0 Å². The van der Waals surface area contributed by atoms with Gasteiger partial charge in [0.1, 0.15) is 11.4 Å². The first-order valence-electron chi connectivity index (χ1n) is 7.39. The molecule has 1 aromatic rings. The maximum atomic E-state index is 13.1. The minimum Gasteiger partial charge on any atom is -0.545 e. The summed E-state index contributed by atoms with van der Waals surface area (Å²) in [6, 6.07) is 2.47. The van der Waals surface area contributed by atoms with Crippen molar-refractivity contribution in [2.45, 2.75) is 44.9 Å². The van der Waals surface area contributed by atoms with Crippen LogP contribution >= 0.6 is 0 Å². The van der Waals surface area contributed by atoms with Crippen LogP contribution in [-0.2, 0) is 6.18 Å². The molecule has 0 saturated heterocycles. The predicted molar refractivity (Wildman–Crippen MR) is 77.0 cm³/mol. The first kappa shape index (κ1) is 17.4. The second-order valence-electron chi connectivity index (χ2n) is 6.17. The van der Waals surface area contributed by atoms with Gasteiger partial charge in [0, 0.05) is 11.5 Å². The van der Waals surface area contributed by atoms with Crippen LogP contribution in [0.5, 0.6) is 5.75 Å². The Bertz CT molecular complexity index is 618. The number of hydrogen-bond acceptors (Lipinski definition) is 3. The van der Waals surface area contributed by atoms with Gasteiger partial charge < -0.3 is 14.6 Å². The summed E-state index contributed by atoms with van der Waals surface area (Å²) in [6.45, 7) is 3.42. The number of hydrogen-bond donors (Lipinski definition) is 0. The number of benzene rings is 1. The van der Waals surface area contributed by atoms with Crippen molar-refractivity contribution in [2.24, 2.45) is 5.92 Å². The van der Waals surface area contributed by atoms with E-state index in [0.717, 1.165) is 31.4 Å². The van der Waals surface area contributed by atoms with Crippen molar-refractivity contribution in [3.63, 3.8) is 0 Å². The van der Waals surface area contributed by atoms with Crippen LogP contribution in [0.2, 0.25) is 0 Å². The van der Waals surface area contributed by atoms with Crippen LogP contribution < -0.4 is 9.84 Å². The van der Waals surface area contributed by atoms with E-state index in [1.54, 1.807) is 13.8 Å². The molecule has 0 heterocycles. The van der Waals surface area contributed by atoms with E-state index in [2.05, 4.69) is 0 Å². The molecule has 0 aliphatic heterocycles. The Morgan fingerprint density at radius 3 is 2.52 bits per heavy atom. The first-order chi connectivity index (χ1) is 10.6. The number of carboxylic acid groups (broad SMARTS) is 1. The number of rotatable bonds is 4. The van der Waals surface area contributed by atoms with E-state index >= 15 is 0 Å². The van der Waals surface area contributed by atoms with E-state index in [4.69, 9.17) is 4.74 Å². The average molecular weight is 327 g/mol. The number of carbonyl (C=O) groups excluding carboxylic acids is 1. The Kier molecular flexibility index (Phi) is 4.73. The molecule has 6 heteroatoms. The Balaban J connectivity index is 2.39. The zero-order chi connectivity index (χ0) is 17.3. The predicted octanol–water partition coefficient (Wildman–Crippen LogP) is 3.58. The highest BCUT2D eigenvalue weighted by Gasteiger charge is 2.38. The molecule has 126 valence electrons. The first-order valence-corrected chi connectivity index (χ1v) is 7.39. The summed E-state index contributed by atoms with van der Waals surface area (Å²) in [6.07, 6.45) is 2.00. The molecule has 1 unspecified atom stereocenters. The van der Waals surface area contributed by atoms with E-state index in [9.17, 15) is 23.1 Å². The van der Waals surface area contributed by atoms with E-state index in [1.165, 1.54) is 0 Å². The Morgan fingerprint density at radius 2 is 2.00 bits per heavy atom. The smallest absolute Gasteiger partial charge is 0.419 e. The van der Waals surface area contributed by atoms with Gasteiger partial charge in [-0.2, -0.15) is 13.2 Å². The normalized spacial score (nSPS) is 18.7. The zero-order valence-corrected chi connectivity index (χ0v) is 12.9. The zero-order valence-electron chi connectivity index (χ0n) is 12.9. The Morgan fingerprint density at radius 1 is 1.30 bits per heavy atom. The minimum absolute atomic E-state index is 0.0380. The van der Waals surface area contributed by atoms with E-state index in [-0.39, 0.29) is 11.5 Å². The summed E-state index contributed by atoms with van der Waals surface area (Å²) in [5.41, 5.74) is -2.22. The highest BCUT2D eigenvalue weighted by Crippen LogP contribution is 2.40. The van der Waals surface area contributed by atoms with Crippen LogP contribution in [0.1, 0.15) is 49.0 Å². The number of alkyl halides is 3. The van der Waals surface area contributed by atoms with E-state index in [0.29, 0.717) is 6.07 Å². The molecule has 0 fully saturated rings. The van der Waals surface area contributed by atoms with Gasteiger partial charge in [0.25, 0.3) is 0 Å². The van der Waals surface area contributed by atoms with Gasteiger partial charge in [-0.05, 0) is 45.2 Å². The summed E-state index contributed by atoms with van der Waals surface area (Å²) in [5, 5.41) is 10.9. The van der Waals surface area contributed by atoms with Crippen molar-refractivity contribution in [1.29, 1.82) is 0 Å². The molecule has 0 saturated carbocycles. The van der Waals surface area contributed by atoms with Gasteiger partial charge in [0.2, 0.25) is 0 Å². The average Bonchev–Trinajstić information content (AvgIpc) is 2.46. The summed E-state index contributed by atoms with van der Waals surface area (Å²) < 4.78 is 45.1. The molecular formula is C17H18F3O3-. The van der Waals surface area contributed by atoms with Gasteiger partial charge in [-0.15, -0.1) is 0 Å². The molecule has 1 aliphatic rings. The van der Waals surface area contributed by atoms with Crippen molar-refractivity contribution in [3.05, 3.63) is 41.5 Å². The quantitative estimate of drug-likeness (QED) is 0.794. The summed E-state index contributed by atoms with van der Waals surface area (Å²) >= 11 is 0. The van der Waals surface area contributed by atoms with Crippen molar-refractivity contribution >= 4 is 5.97 Å². The number of aromatic carboxylic acids is 1. The van der Waals surface area contributed by atoms with Gasteiger partial charge in [0.05, 0.1) is 11.5 Å². The Hall–Kier alpha value is -1.98. The number of carbonyl (C=O) groups is 1. The van der Waals surface area contributed by atoms with Crippen LogP contribution in [0.4, 0.5) is 13.2 Å². The minimum atomic E-state index is -4.63. The van der Waals surface area contributed by atoms with Crippen LogP contribution in [0.25, 0.3) is 0 Å². The molecule has 23 heavy (non-hydrogen) atoms. The fourth-order valence-corrected chi connectivity index (χ4v) is 2.72. The monoisotopic (exact) mass is 327 g/mol. The molecule has 0 N–H and O–H groups in total. The van der Waals surface area contributed by atoms with E-state index in [1.807, 2.05) is 12.2 Å². The van der Waals surface area contributed by atoms with Gasteiger partial charge >= 0.3 is 6.18 Å². The molecule has 0 radical (unpaired) electrons. The molecular weight excluding hydrogens is 309 g/mol. The molecule has 0 spiro atoms. The lowest BCUT2D eigenvalue weighted by Gasteiger charge is -2.35. The second kappa shape index (κ2) is 6.26. The molecule has 3 nitrogen and oxygen atoms in total. The lowest BCUT2D eigenvalue weighted by Crippen LogP contribution is -2.38. The van der Waals surface area contributed by atoms with Gasteiger partial charge in [-0.3, -0.25) is 0 Å². The fraction of sp³-hybridized carbons (Fsp3) is 0.471. The molecule has 1 atom stereocenters. The van der Waals surface area contributed by atoms with Gasteiger partial charge in [-0.25, -0.2) is 0 Å². The maximum absolute atomic E-state index is 13.1. The van der Waals surface area contributed by atoms with Crippen molar-refractivity contribution in [2.75, 3.05) is 0 Å². The lowest BCUT2D eigenvalue weighted by atomic mass is 9.83. The highest BCUT2D eigenvalue weighted by atomic mass is 19.4. The van der Waals surface area contributed by atoms with Crippen LogP contribution in [0, 0.1) is 5.92 Å². The standard InChI is InChI=1S/C17H19F3O3/c1-16(2,12-6-4-3-5-7-12)23-14-10-11(15(21)22)8-9-13(14)17(18,19)20/h4,6,8-10,12H,3,5,7H2,1-2H3,(H,21,22)/p-1. The van der Waals surface area contributed by atoms with Crippen LogP contribution in [0.3, 0.4) is 0 Å². The fourth-order valence-electron chi connectivity index (χ4n) is 2.72. The second-order valence-corrected chi connectivity index (χ2v) is 6.17. The van der Waals surface area contributed by atoms with Crippen LogP contribution in [-0.4, -0.2) is 11.6 Å². The van der Waals surface area contributed by atoms with Crippen LogP contribution in [0.15, 0.2) is 30.4 Å².